The Morgan fingerprint density at radius 1 is 1.29 bits per heavy atom. The van der Waals surface area contributed by atoms with Gasteiger partial charge in [-0.05, 0) is 73.1 Å². The average Bonchev–Trinajstić information content (AvgIpc) is 2.67. The van der Waals surface area contributed by atoms with Crippen molar-refractivity contribution in [3.63, 3.8) is 0 Å². The predicted molar refractivity (Wildman–Crippen MR) is 120 cm³/mol. The van der Waals surface area contributed by atoms with Gasteiger partial charge < -0.3 is 31.6 Å². The highest BCUT2D eigenvalue weighted by Crippen LogP contribution is 2.52. The Bertz CT molecular complexity index is 1120. The third kappa shape index (κ3) is 2.77. The first-order chi connectivity index (χ1) is 14.4. The number of phenols is 1. The van der Waals surface area contributed by atoms with Gasteiger partial charge in [-0.15, -0.1) is 0 Å². The Kier molecular flexibility index (Phi) is 4.94. The summed E-state index contributed by atoms with van der Waals surface area (Å²) in [5.41, 5.74) is 2.26. The number of ketones is 1. The number of Topliss-reactive ketones (excluding diaryl/α,β-unsaturated/α-hetero) is 1. The Morgan fingerprint density at radius 3 is 2.52 bits per heavy atom. The summed E-state index contributed by atoms with van der Waals surface area (Å²) in [5.74, 6) is -4.57. The normalized spacial score (nSPS) is 30.3. The lowest BCUT2D eigenvalue weighted by molar-refractivity contribution is -0.138. The predicted octanol–water partition coefficient (Wildman–Crippen LogP) is 1.02. The van der Waals surface area contributed by atoms with Crippen LogP contribution in [0.3, 0.4) is 0 Å². The Labute approximate surface area is 191 Å². The number of aromatic hydroxyl groups is 1. The van der Waals surface area contributed by atoms with Gasteiger partial charge in [0.05, 0.1) is 17.3 Å². The third-order valence-corrected chi connectivity index (χ3v) is 7.61. The smallest absolute Gasteiger partial charge is 0.254 e. The molecule has 0 aromatic heterocycles. The van der Waals surface area contributed by atoms with Crippen LogP contribution in [0.4, 0.5) is 0 Å². The molecule has 1 amide bonds. The molecule has 1 fully saturated rings. The van der Waals surface area contributed by atoms with E-state index in [-0.39, 0.29) is 23.3 Å². The molecule has 1 saturated carbocycles. The van der Waals surface area contributed by atoms with Crippen LogP contribution in [0.25, 0.3) is 5.76 Å². The first-order valence-corrected chi connectivity index (χ1v) is 10.7. The second-order valence-corrected chi connectivity index (χ2v) is 9.59. The second kappa shape index (κ2) is 7.04. The van der Waals surface area contributed by atoms with Gasteiger partial charge in [0.15, 0.2) is 5.60 Å². The largest absolute Gasteiger partial charge is 0.510 e. The summed E-state index contributed by atoms with van der Waals surface area (Å²) in [5, 5.41) is 52.0. The number of likely N-dealkylation sites (N-methyl/N-ethyl adjacent to an activating group) is 1. The Morgan fingerprint density at radius 2 is 1.94 bits per heavy atom. The van der Waals surface area contributed by atoms with Crippen LogP contribution in [0.5, 0.6) is 5.75 Å². The van der Waals surface area contributed by atoms with Crippen LogP contribution in [0.2, 0.25) is 0 Å². The van der Waals surface area contributed by atoms with E-state index in [1.54, 1.807) is 25.1 Å². The van der Waals surface area contributed by atoms with E-state index in [4.69, 9.17) is 11.1 Å². The summed E-state index contributed by atoms with van der Waals surface area (Å²) in [6, 6.07) is 2.19. The van der Waals surface area contributed by atoms with E-state index < -0.39 is 58.0 Å². The lowest BCUT2D eigenvalue weighted by Crippen LogP contribution is -2.67. The van der Waals surface area contributed by atoms with Gasteiger partial charge >= 0.3 is 0 Å². The van der Waals surface area contributed by atoms with Crippen LogP contribution >= 0.6 is 22.6 Å². The minimum Gasteiger partial charge on any atom is -0.510 e. The maximum Gasteiger partial charge on any atom is 0.254 e. The van der Waals surface area contributed by atoms with Crippen LogP contribution in [0.15, 0.2) is 29.0 Å². The number of hydrogen-bond donors (Lipinski definition) is 6. The zero-order chi connectivity index (χ0) is 23.0. The van der Waals surface area contributed by atoms with E-state index in [2.05, 4.69) is 22.6 Å². The van der Waals surface area contributed by atoms with Crippen molar-refractivity contribution in [2.45, 2.75) is 24.5 Å². The van der Waals surface area contributed by atoms with Crippen molar-refractivity contribution >= 4 is 45.8 Å². The number of hydrogen-bond acceptors (Lipinski definition) is 8. The monoisotopic (exact) mass is 539 g/mol. The fourth-order valence-corrected chi connectivity index (χ4v) is 5.93. The number of amides is 1. The average molecular weight is 539 g/mol. The molecule has 164 valence electrons. The highest BCUT2D eigenvalue weighted by atomic mass is 127. The molecule has 0 saturated heterocycles. The number of rotatable bonds is 2. The maximum atomic E-state index is 13.6. The zero-order valence-electron chi connectivity index (χ0n) is 16.8. The third-order valence-electron chi connectivity index (χ3n) is 6.60. The van der Waals surface area contributed by atoms with Crippen LogP contribution in [0, 0.1) is 20.8 Å². The lowest BCUT2D eigenvalue weighted by atomic mass is 9.57. The number of primary amides is 1. The number of phenolic OH excluding ortho intramolecular Hbond substituents is 1. The number of nitrogens with zero attached hydrogens (tertiary/aromatic N) is 1. The van der Waals surface area contributed by atoms with E-state index in [9.17, 15) is 30.0 Å². The fourth-order valence-electron chi connectivity index (χ4n) is 5.26. The van der Waals surface area contributed by atoms with E-state index in [0.29, 0.717) is 12.0 Å². The number of carbonyl (C=O) groups excluding carboxylic acids is 2. The molecule has 10 heteroatoms. The number of fused-ring (bicyclic) bond motifs is 3. The summed E-state index contributed by atoms with van der Waals surface area (Å²) in [4.78, 5) is 27.2. The number of benzene rings is 1. The van der Waals surface area contributed by atoms with E-state index in [1.165, 1.54) is 6.07 Å². The molecule has 1 aromatic carbocycles. The van der Waals surface area contributed by atoms with Crippen molar-refractivity contribution in [3.05, 3.63) is 43.7 Å². The highest BCUT2D eigenvalue weighted by molar-refractivity contribution is 14.1. The Hall–Kier alpha value is -2.44. The van der Waals surface area contributed by atoms with Gasteiger partial charge in [-0.3, -0.25) is 14.5 Å². The highest BCUT2D eigenvalue weighted by Gasteiger charge is 2.63. The van der Waals surface area contributed by atoms with Gasteiger partial charge in [-0.2, -0.15) is 0 Å². The van der Waals surface area contributed by atoms with E-state index >= 15 is 0 Å². The van der Waals surface area contributed by atoms with Crippen LogP contribution < -0.4 is 5.73 Å². The summed E-state index contributed by atoms with van der Waals surface area (Å²) in [7, 11) is 3.25. The number of halogens is 1. The van der Waals surface area contributed by atoms with Crippen molar-refractivity contribution in [2.24, 2.45) is 17.6 Å². The molecule has 0 aliphatic heterocycles. The molecule has 0 radical (unpaired) electrons. The molecule has 9 nitrogen and oxygen atoms in total. The van der Waals surface area contributed by atoms with E-state index in [1.807, 2.05) is 0 Å². The molecule has 31 heavy (non-hydrogen) atoms. The van der Waals surface area contributed by atoms with Crippen LogP contribution in [0.1, 0.15) is 17.5 Å². The first kappa shape index (κ1) is 21.8. The van der Waals surface area contributed by atoms with Crippen LogP contribution in [-0.4, -0.2) is 68.5 Å². The molecule has 4 rings (SSSR count). The number of nitrogens with one attached hydrogen (secondary N) is 1. The van der Waals surface area contributed by atoms with Crippen molar-refractivity contribution in [2.75, 3.05) is 14.1 Å². The molecule has 0 unspecified atom stereocenters. The molecule has 3 aliphatic rings. The zero-order valence-corrected chi connectivity index (χ0v) is 19.0. The standard InChI is InChI=1S/C21H22IN3O6/c1-25(2)15-9-6-7-5-8-10(22)3-4-11(26)13(8)16(27)12(7)19(29)21(9,31)18(23)14(17(15)28)20(24)30/h3-4,7,9,15,23,26-28,31H,5-6H2,1-2H3,(H2,24,30)/t7-,9-,15-,21+/m0/s1. The van der Waals surface area contributed by atoms with Gasteiger partial charge in [0.1, 0.15) is 22.8 Å². The van der Waals surface area contributed by atoms with Gasteiger partial charge in [-0.25, -0.2) is 0 Å². The molecular formula is C21H22IN3O6. The van der Waals surface area contributed by atoms with Gasteiger partial charge in [-0.1, -0.05) is 0 Å². The van der Waals surface area contributed by atoms with Crippen molar-refractivity contribution in [1.82, 2.24) is 4.90 Å². The molecular weight excluding hydrogens is 517 g/mol. The number of aliphatic hydroxyl groups is 3. The minimum atomic E-state index is -2.46. The minimum absolute atomic E-state index is 0.0870. The molecule has 0 spiro atoms. The molecule has 3 aliphatic carbocycles. The molecule has 0 heterocycles. The fraction of sp³-hybridized carbons (Fsp3) is 0.381. The molecule has 7 N–H and O–H groups in total. The number of carbonyl (C=O) groups is 2. The van der Waals surface area contributed by atoms with Crippen molar-refractivity contribution in [1.29, 1.82) is 5.41 Å². The lowest BCUT2D eigenvalue weighted by Gasteiger charge is -2.51. The summed E-state index contributed by atoms with van der Waals surface area (Å²) in [6.07, 6.45) is 0.495. The van der Waals surface area contributed by atoms with Crippen molar-refractivity contribution < 1.29 is 30.0 Å². The second-order valence-electron chi connectivity index (χ2n) is 8.43. The van der Waals surface area contributed by atoms with Gasteiger partial charge in [0.2, 0.25) is 5.78 Å². The summed E-state index contributed by atoms with van der Waals surface area (Å²) in [6.45, 7) is 0. The van der Waals surface area contributed by atoms with Crippen molar-refractivity contribution in [3.8, 4) is 5.75 Å². The Balaban J connectivity index is 1.97. The molecule has 4 atom stereocenters. The number of nitrogens with two attached hydrogens (primary N) is 1. The topological polar surface area (TPSA) is 168 Å². The van der Waals surface area contributed by atoms with Crippen LogP contribution in [-0.2, 0) is 16.0 Å². The first-order valence-electron chi connectivity index (χ1n) is 9.62. The SMILES string of the molecule is CN(C)[C@@H]1C(O)=C(C(N)=O)C(=N)[C@@]2(O)C(=O)C3=C(O)c4c(O)ccc(I)c4C[C@H]3C[C@@H]12. The summed E-state index contributed by atoms with van der Waals surface area (Å²) >= 11 is 2.09. The maximum absolute atomic E-state index is 13.6. The molecule has 1 aromatic rings. The molecule has 0 bridgehead atoms. The quantitative estimate of drug-likeness (QED) is 0.305. The van der Waals surface area contributed by atoms with E-state index in [0.717, 1.165) is 3.57 Å². The summed E-state index contributed by atoms with van der Waals surface area (Å²) < 4.78 is 0.809. The van der Waals surface area contributed by atoms with Gasteiger partial charge in [0.25, 0.3) is 5.91 Å². The number of aliphatic hydroxyl groups excluding tert-OH is 2. The van der Waals surface area contributed by atoms with Gasteiger partial charge in [0, 0.05) is 15.1 Å².